The van der Waals surface area contributed by atoms with E-state index in [4.69, 9.17) is 18.0 Å². The van der Waals surface area contributed by atoms with Crippen LogP contribution in [0.25, 0.3) is 0 Å². The molecule has 3 nitrogen and oxygen atoms in total. The van der Waals surface area contributed by atoms with Gasteiger partial charge in [-0.05, 0) is 38.2 Å². The van der Waals surface area contributed by atoms with Crippen LogP contribution >= 0.6 is 12.2 Å². The van der Waals surface area contributed by atoms with Gasteiger partial charge in [0.05, 0.1) is 16.4 Å². The molecule has 0 saturated heterocycles. The number of rotatable bonds is 5. The maximum Gasteiger partial charge on any atom is 0.230 e. The summed E-state index contributed by atoms with van der Waals surface area (Å²) in [6, 6.07) is 9.59. The summed E-state index contributed by atoms with van der Waals surface area (Å²) in [5.41, 5.74) is 6.13. The van der Waals surface area contributed by atoms with E-state index in [-0.39, 0.29) is 11.9 Å². The summed E-state index contributed by atoms with van der Waals surface area (Å²) in [7, 11) is 0. The van der Waals surface area contributed by atoms with Crippen molar-refractivity contribution in [2.45, 2.75) is 38.1 Å². The molecule has 1 saturated carbocycles. The van der Waals surface area contributed by atoms with Gasteiger partial charge in [-0.3, -0.25) is 4.79 Å². The Labute approximate surface area is 119 Å². The van der Waals surface area contributed by atoms with E-state index >= 15 is 0 Å². The molecule has 1 aliphatic rings. The zero-order valence-corrected chi connectivity index (χ0v) is 12.2. The van der Waals surface area contributed by atoms with E-state index in [1.165, 1.54) is 0 Å². The van der Waals surface area contributed by atoms with Crippen molar-refractivity contribution in [2.75, 3.05) is 0 Å². The van der Waals surface area contributed by atoms with E-state index in [0.29, 0.717) is 10.9 Å². The quantitative estimate of drug-likeness (QED) is 0.810. The Hall–Kier alpha value is -1.42. The van der Waals surface area contributed by atoms with E-state index < -0.39 is 5.41 Å². The maximum atomic E-state index is 12.5. The number of carbonyl (C=O) groups excluding carboxylic acids is 1. The molecular weight excluding hydrogens is 256 g/mol. The van der Waals surface area contributed by atoms with Crippen molar-refractivity contribution in [2.24, 2.45) is 11.7 Å². The third-order valence-corrected chi connectivity index (χ3v) is 4.00. The average Bonchev–Trinajstić information content (AvgIpc) is 3.20. The van der Waals surface area contributed by atoms with Gasteiger partial charge in [0.25, 0.3) is 0 Å². The predicted octanol–water partition coefficient (Wildman–Crippen LogP) is 2.15. The lowest BCUT2D eigenvalue weighted by Gasteiger charge is -2.27. The van der Waals surface area contributed by atoms with Gasteiger partial charge in [0.1, 0.15) is 0 Å². The molecule has 0 bridgehead atoms. The summed E-state index contributed by atoms with van der Waals surface area (Å²) in [5.74, 6) is 0.399. The fourth-order valence-electron chi connectivity index (χ4n) is 2.16. The molecule has 0 spiro atoms. The average molecular weight is 276 g/mol. The fraction of sp³-hybridized carbons (Fsp3) is 0.467. The number of amides is 1. The number of carbonyl (C=O) groups is 1. The second-order valence-corrected chi connectivity index (χ2v) is 6.15. The first-order chi connectivity index (χ1) is 8.93. The summed E-state index contributed by atoms with van der Waals surface area (Å²) in [6.45, 7) is 3.84. The third kappa shape index (κ3) is 3.13. The number of hydrogen-bond acceptors (Lipinski definition) is 2. The third-order valence-electron chi connectivity index (χ3n) is 3.75. The van der Waals surface area contributed by atoms with Crippen LogP contribution < -0.4 is 11.1 Å². The Bertz CT molecular complexity index is 480. The van der Waals surface area contributed by atoms with Crippen molar-refractivity contribution in [3.05, 3.63) is 35.9 Å². The summed E-state index contributed by atoms with van der Waals surface area (Å²) in [6.07, 6.45) is 2.18. The summed E-state index contributed by atoms with van der Waals surface area (Å²) in [5, 5.41) is 3.01. The molecule has 1 aliphatic carbocycles. The molecule has 1 amide bonds. The van der Waals surface area contributed by atoms with Crippen molar-refractivity contribution in [3.8, 4) is 0 Å². The largest absolute Gasteiger partial charge is 0.392 e. The van der Waals surface area contributed by atoms with Crippen LogP contribution in [0, 0.1) is 5.92 Å². The fourth-order valence-corrected chi connectivity index (χ4v) is 2.41. The van der Waals surface area contributed by atoms with Crippen LogP contribution in [0.3, 0.4) is 0 Å². The lowest BCUT2D eigenvalue weighted by molar-refractivity contribution is -0.126. The van der Waals surface area contributed by atoms with Gasteiger partial charge in [0, 0.05) is 0 Å². The van der Waals surface area contributed by atoms with Crippen molar-refractivity contribution >= 4 is 23.1 Å². The van der Waals surface area contributed by atoms with E-state index in [9.17, 15) is 4.79 Å². The van der Waals surface area contributed by atoms with E-state index in [1.807, 2.05) is 44.2 Å². The van der Waals surface area contributed by atoms with Gasteiger partial charge >= 0.3 is 0 Å². The van der Waals surface area contributed by atoms with Crippen LogP contribution in [-0.2, 0) is 10.2 Å². The number of hydrogen-bond donors (Lipinski definition) is 2. The molecule has 19 heavy (non-hydrogen) atoms. The molecule has 1 fully saturated rings. The smallest absolute Gasteiger partial charge is 0.230 e. The standard InChI is InChI=1S/C15H20N2OS/c1-15(2,11-6-4-3-5-7-11)14(18)17-12(13(16)19)10-8-9-10/h3-7,10,12H,8-9H2,1-2H3,(H2,16,19)(H,17,18). The molecule has 3 N–H and O–H groups in total. The van der Waals surface area contributed by atoms with E-state index in [0.717, 1.165) is 18.4 Å². The van der Waals surface area contributed by atoms with Crippen molar-refractivity contribution in [1.29, 1.82) is 0 Å². The molecule has 0 heterocycles. The van der Waals surface area contributed by atoms with Gasteiger partial charge in [-0.2, -0.15) is 0 Å². The predicted molar refractivity (Wildman–Crippen MR) is 80.9 cm³/mol. The van der Waals surface area contributed by atoms with Gasteiger partial charge < -0.3 is 11.1 Å². The molecule has 0 radical (unpaired) electrons. The van der Waals surface area contributed by atoms with Crippen LogP contribution in [0.1, 0.15) is 32.3 Å². The van der Waals surface area contributed by atoms with Crippen LogP contribution in [0.4, 0.5) is 0 Å². The lowest BCUT2D eigenvalue weighted by atomic mass is 9.83. The Morgan fingerprint density at radius 1 is 1.37 bits per heavy atom. The molecule has 2 rings (SSSR count). The van der Waals surface area contributed by atoms with Crippen LogP contribution in [0.15, 0.2) is 30.3 Å². The van der Waals surface area contributed by atoms with Gasteiger partial charge in [0.15, 0.2) is 0 Å². The monoisotopic (exact) mass is 276 g/mol. The molecule has 1 aromatic rings. The normalized spacial score (nSPS) is 16.7. The Balaban J connectivity index is 2.12. The maximum absolute atomic E-state index is 12.5. The minimum atomic E-state index is -0.584. The van der Waals surface area contributed by atoms with Crippen molar-refractivity contribution in [1.82, 2.24) is 5.32 Å². The number of nitrogens with one attached hydrogen (secondary N) is 1. The Kier molecular flexibility index (Phi) is 3.90. The molecule has 0 aliphatic heterocycles. The molecule has 102 valence electrons. The second kappa shape index (κ2) is 5.29. The first kappa shape index (κ1) is 14.0. The summed E-state index contributed by atoms with van der Waals surface area (Å²) >= 11 is 5.05. The zero-order valence-electron chi connectivity index (χ0n) is 11.3. The van der Waals surface area contributed by atoms with Gasteiger partial charge in [0.2, 0.25) is 5.91 Å². The molecule has 1 aromatic carbocycles. The minimum Gasteiger partial charge on any atom is -0.392 e. The topological polar surface area (TPSA) is 55.1 Å². The first-order valence-corrected chi connectivity index (χ1v) is 6.99. The van der Waals surface area contributed by atoms with Crippen molar-refractivity contribution < 1.29 is 4.79 Å². The molecule has 0 aromatic heterocycles. The van der Waals surface area contributed by atoms with Crippen LogP contribution in [0.5, 0.6) is 0 Å². The molecule has 1 atom stereocenters. The van der Waals surface area contributed by atoms with Gasteiger partial charge in [-0.25, -0.2) is 0 Å². The number of thiocarbonyl (C=S) groups is 1. The molecular formula is C15H20N2OS. The Morgan fingerprint density at radius 2 is 1.95 bits per heavy atom. The lowest BCUT2D eigenvalue weighted by Crippen LogP contribution is -2.50. The zero-order chi connectivity index (χ0) is 14.0. The molecule has 1 unspecified atom stereocenters. The minimum absolute atomic E-state index is 0.0246. The SMILES string of the molecule is CC(C)(C(=O)NC(C(N)=S)C1CC1)c1ccccc1. The highest BCUT2D eigenvalue weighted by molar-refractivity contribution is 7.80. The number of benzene rings is 1. The number of nitrogens with two attached hydrogens (primary N) is 1. The van der Waals surface area contributed by atoms with Crippen molar-refractivity contribution in [3.63, 3.8) is 0 Å². The highest BCUT2D eigenvalue weighted by Gasteiger charge is 2.38. The van der Waals surface area contributed by atoms with Crippen LogP contribution in [-0.4, -0.2) is 16.9 Å². The highest BCUT2D eigenvalue weighted by Crippen LogP contribution is 2.33. The van der Waals surface area contributed by atoms with Crippen LogP contribution in [0.2, 0.25) is 0 Å². The first-order valence-electron chi connectivity index (χ1n) is 6.58. The van der Waals surface area contributed by atoms with Gasteiger partial charge in [-0.15, -0.1) is 0 Å². The summed E-state index contributed by atoms with van der Waals surface area (Å²) in [4.78, 5) is 12.9. The molecule has 4 heteroatoms. The Morgan fingerprint density at radius 3 is 2.42 bits per heavy atom. The van der Waals surface area contributed by atoms with Gasteiger partial charge in [-0.1, -0.05) is 42.5 Å². The van der Waals surface area contributed by atoms with E-state index in [1.54, 1.807) is 0 Å². The second-order valence-electron chi connectivity index (χ2n) is 5.68. The summed E-state index contributed by atoms with van der Waals surface area (Å²) < 4.78 is 0. The highest BCUT2D eigenvalue weighted by atomic mass is 32.1. The van der Waals surface area contributed by atoms with E-state index in [2.05, 4.69) is 5.32 Å².